The van der Waals surface area contributed by atoms with Crippen LogP contribution in [-0.2, 0) is 17.4 Å². The fourth-order valence-corrected chi connectivity index (χ4v) is 3.38. The summed E-state index contributed by atoms with van der Waals surface area (Å²) in [5.74, 6) is 0.357. The quantitative estimate of drug-likeness (QED) is 0.573. The molecule has 7 heteroatoms. The number of fused-ring (bicyclic) bond motifs is 1. The number of ether oxygens (including phenoxy) is 1. The Morgan fingerprint density at radius 1 is 1.33 bits per heavy atom. The largest absolute Gasteiger partial charge is 0.438 e. The topological polar surface area (TPSA) is 39.2 Å². The van der Waals surface area contributed by atoms with E-state index in [9.17, 15) is 18.0 Å². The number of allylic oxidation sites excluding steroid dienone is 1. The van der Waals surface area contributed by atoms with Crippen LogP contribution in [0.15, 0.2) is 43.0 Å². The molecule has 1 aliphatic carbocycles. The number of aromatic nitrogens is 1. The van der Waals surface area contributed by atoms with Crippen LogP contribution in [0.2, 0.25) is 5.02 Å². The van der Waals surface area contributed by atoms with Gasteiger partial charge in [-0.25, -0.2) is 4.98 Å². The standard InChI is InChI=1S/C20H17ClF3NO2/c1-2-14(26)10-12-4-3-5-18-16(12)11-17(21)19(25-18)27-15-8-6-13(7-9-15)20(22,23)24/h2,6-9,11-12H,1,3-5,10H2. The van der Waals surface area contributed by atoms with E-state index in [0.29, 0.717) is 6.42 Å². The molecule has 2 aromatic rings. The fraction of sp³-hybridized carbons (Fsp3) is 0.300. The summed E-state index contributed by atoms with van der Waals surface area (Å²) < 4.78 is 43.5. The number of ketones is 1. The minimum Gasteiger partial charge on any atom is -0.438 e. The summed E-state index contributed by atoms with van der Waals surface area (Å²) in [5.41, 5.74) is 0.963. The van der Waals surface area contributed by atoms with Crippen molar-refractivity contribution in [3.63, 3.8) is 0 Å². The molecule has 0 bridgehead atoms. The lowest BCUT2D eigenvalue weighted by atomic mass is 9.82. The first-order valence-electron chi connectivity index (χ1n) is 8.47. The molecule has 0 saturated heterocycles. The highest BCUT2D eigenvalue weighted by Crippen LogP contribution is 2.39. The summed E-state index contributed by atoms with van der Waals surface area (Å²) in [7, 11) is 0. The summed E-state index contributed by atoms with van der Waals surface area (Å²) in [6.45, 7) is 3.50. The van der Waals surface area contributed by atoms with Crippen LogP contribution in [0.5, 0.6) is 11.6 Å². The van der Waals surface area contributed by atoms with Crippen LogP contribution in [0.4, 0.5) is 13.2 Å². The van der Waals surface area contributed by atoms with Crippen molar-refractivity contribution in [3.8, 4) is 11.6 Å². The first kappa shape index (κ1) is 19.4. The van der Waals surface area contributed by atoms with Gasteiger partial charge in [0.15, 0.2) is 5.78 Å². The maximum atomic E-state index is 12.6. The zero-order chi connectivity index (χ0) is 19.6. The first-order valence-corrected chi connectivity index (χ1v) is 8.85. The van der Waals surface area contributed by atoms with Gasteiger partial charge >= 0.3 is 6.18 Å². The first-order chi connectivity index (χ1) is 12.8. The molecule has 0 radical (unpaired) electrons. The van der Waals surface area contributed by atoms with Crippen LogP contribution >= 0.6 is 11.6 Å². The Bertz CT molecular complexity index is 863. The van der Waals surface area contributed by atoms with E-state index < -0.39 is 11.7 Å². The van der Waals surface area contributed by atoms with E-state index in [2.05, 4.69) is 11.6 Å². The van der Waals surface area contributed by atoms with E-state index in [1.807, 2.05) is 0 Å². The third-order valence-corrected chi connectivity index (χ3v) is 4.80. The Morgan fingerprint density at radius 2 is 2.04 bits per heavy atom. The van der Waals surface area contributed by atoms with Crippen molar-refractivity contribution in [1.82, 2.24) is 4.98 Å². The van der Waals surface area contributed by atoms with Crippen molar-refractivity contribution in [1.29, 1.82) is 0 Å². The van der Waals surface area contributed by atoms with Crippen molar-refractivity contribution >= 4 is 17.4 Å². The number of carbonyl (C=O) groups excluding carboxylic acids is 1. The molecule has 1 atom stereocenters. The average Bonchev–Trinajstić information content (AvgIpc) is 2.62. The maximum Gasteiger partial charge on any atom is 0.416 e. The minimum absolute atomic E-state index is 0.0318. The van der Waals surface area contributed by atoms with Gasteiger partial charge in [0.2, 0.25) is 5.88 Å². The van der Waals surface area contributed by atoms with Crippen LogP contribution in [0, 0.1) is 0 Å². The number of aryl methyl sites for hydroxylation is 1. The highest BCUT2D eigenvalue weighted by atomic mass is 35.5. The predicted octanol–water partition coefficient (Wildman–Crippen LogP) is 6.11. The second kappa shape index (κ2) is 7.72. The summed E-state index contributed by atoms with van der Waals surface area (Å²) in [5, 5.41) is 0.256. The number of hydrogen-bond donors (Lipinski definition) is 0. The molecular formula is C20H17ClF3NO2. The number of carbonyl (C=O) groups is 1. The lowest BCUT2D eigenvalue weighted by Crippen LogP contribution is -2.15. The second-order valence-corrected chi connectivity index (χ2v) is 6.81. The van der Waals surface area contributed by atoms with Gasteiger partial charge in [-0.15, -0.1) is 0 Å². The molecular weight excluding hydrogens is 379 g/mol. The third kappa shape index (κ3) is 4.50. The van der Waals surface area contributed by atoms with Crippen LogP contribution in [0.1, 0.15) is 42.0 Å². The van der Waals surface area contributed by atoms with Crippen molar-refractivity contribution in [3.05, 3.63) is 64.8 Å². The summed E-state index contributed by atoms with van der Waals surface area (Å²) >= 11 is 6.28. The van der Waals surface area contributed by atoms with E-state index in [-0.39, 0.29) is 28.4 Å². The summed E-state index contributed by atoms with van der Waals surface area (Å²) in [6, 6.07) is 6.08. The molecule has 0 fully saturated rings. The Balaban J connectivity index is 1.84. The van der Waals surface area contributed by atoms with Crippen molar-refractivity contribution < 1.29 is 22.7 Å². The van der Waals surface area contributed by atoms with Gasteiger partial charge < -0.3 is 4.74 Å². The Labute approximate surface area is 159 Å². The minimum atomic E-state index is -4.40. The zero-order valence-corrected chi connectivity index (χ0v) is 15.1. The van der Waals surface area contributed by atoms with Crippen LogP contribution in [0.3, 0.4) is 0 Å². The molecule has 1 heterocycles. The molecule has 1 aromatic carbocycles. The van der Waals surface area contributed by atoms with Crippen molar-refractivity contribution in [2.45, 2.75) is 37.8 Å². The number of nitrogens with zero attached hydrogens (tertiary/aromatic N) is 1. The van der Waals surface area contributed by atoms with Crippen LogP contribution in [-0.4, -0.2) is 10.8 Å². The number of rotatable bonds is 5. The van der Waals surface area contributed by atoms with Gasteiger partial charge in [0.25, 0.3) is 0 Å². The van der Waals surface area contributed by atoms with E-state index in [4.69, 9.17) is 16.3 Å². The van der Waals surface area contributed by atoms with Crippen LogP contribution < -0.4 is 4.74 Å². The highest BCUT2D eigenvalue weighted by molar-refractivity contribution is 6.31. The molecule has 142 valence electrons. The molecule has 1 unspecified atom stereocenters. The molecule has 3 rings (SSSR count). The fourth-order valence-electron chi connectivity index (χ4n) is 3.18. The predicted molar refractivity (Wildman–Crippen MR) is 96.3 cm³/mol. The molecule has 0 aliphatic heterocycles. The van der Waals surface area contributed by atoms with Crippen LogP contribution in [0.25, 0.3) is 0 Å². The SMILES string of the molecule is C=CC(=O)CC1CCCc2nc(Oc3ccc(C(F)(F)F)cc3)c(Cl)cc21. The number of halogens is 4. The Morgan fingerprint density at radius 3 is 2.67 bits per heavy atom. The number of pyridine rings is 1. The van der Waals surface area contributed by atoms with E-state index in [0.717, 1.165) is 42.7 Å². The van der Waals surface area contributed by atoms with Crippen molar-refractivity contribution in [2.75, 3.05) is 0 Å². The molecule has 1 aliphatic rings. The second-order valence-electron chi connectivity index (χ2n) is 6.40. The highest BCUT2D eigenvalue weighted by Gasteiger charge is 2.30. The van der Waals surface area contributed by atoms with E-state index in [1.165, 1.54) is 18.2 Å². The molecule has 27 heavy (non-hydrogen) atoms. The van der Waals surface area contributed by atoms with Gasteiger partial charge in [-0.3, -0.25) is 4.79 Å². The zero-order valence-electron chi connectivity index (χ0n) is 14.4. The average molecular weight is 396 g/mol. The Hall–Kier alpha value is -2.34. The van der Waals surface area contributed by atoms with E-state index in [1.54, 1.807) is 6.07 Å². The molecule has 0 amide bonds. The van der Waals surface area contributed by atoms with Gasteiger partial charge in [-0.05, 0) is 67.2 Å². The molecule has 0 saturated carbocycles. The number of benzene rings is 1. The van der Waals surface area contributed by atoms with E-state index >= 15 is 0 Å². The van der Waals surface area contributed by atoms with Crippen molar-refractivity contribution in [2.24, 2.45) is 0 Å². The van der Waals surface area contributed by atoms with Gasteiger partial charge in [-0.1, -0.05) is 18.2 Å². The third-order valence-electron chi connectivity index (χ3n) is 4.53. The van der Waals surface area contributed by atoms with Gasteiger partial charge in [-0.2, -0.15) is 13.2 Å². The monoisotopic (exact) mass is 395 g/mol. The number of hydrogen-bond acceptors (Lipinski definition) is 3. The number of alkyl halides is 3. The summed E-state index contributed by atoms with van der Waals surface area (Å²) in [4.78, 5) is 16.2. The summed E-state index contributed by atoms with van der Waals surface area (Å²) in [6.07, 6.45) is -0.258. The Kier molecular flexibility index (Phi) is 5.56. The van der Waals surface area contributed by atoms with Gasteiger partial charge in [0.05, 0.1) is 5.56 Å². The molecule has 0 spiro atoms. The molecule has 1 aromatic heterocycles. The smallest absolute Gasteiger partial charge is 0.416 e. The normalized spacial score (nSPS) is 16.5. The molecule has 3 nitrogen and oxygen atoms in total. The lowest BCUT2D eigenvalue weighted by molar-refractivity contribution is -0.137. The van der Waals surface area contributed by atoms with Gasteiger partial charge in [0.1, 0.15) is 10.8 Å². The molecule has 0 N–H and O–H groups in total. The maximum absolute atomic E-state index is 12.6. The van der Waals surface area contributed by atoms with Gasteiger partial charge in [0, 0.05) is 12.1 Å². The lowest BCUT2D eigenvalue weighted by Gasteiger charge is -2.25.